The van der Waals surface area contributed by atoms with E-state index in [0.717, 1.165) is 0 Å². The van der Waals surface area contributed by atoms with Gasteiger partial charge in [0.25, 0.3) is 10.1 Å². The van der Waals surface area contributed by atoms with Crippen molar-refractivity contribution in [2.24, 2.45) is 0 Å². The van der Waals surface area contributed by atoms with Crippen LogP contribution < -0.4 is 5.32 Å². The number of hydrogen-bond donors (Lipinski definition) is 2. The Labute approximate surface area is 67.1 Å². The van der Waals surface area contributed by atoms with Crippen LogP contribution in [0.15, 0.2) is 12.2 Å². The molecule has 0 saturated heterocycles. The van der Waals surface area contributed by atoms with Crippen LogP contribution in [0.25, 0.3) is 0 Å². The Balaban J connectivity index is 3.42. The van der Waals surface area contributed by atoms with Gasteiger partial charge in [0.15, 0.2) is 0 Å². The fourth-order valence-corrected chi connectivity index (χ4v) is 0.970. The first-order valence-corrected chi connectivity index (χ1v) is 4.92. The molecule has 0 aliphatic carbocycles. The van der Waals surface area contributed by atoms with Crippen molar-refractivity contribution in [2.75, 3.05) is 19.3 Å². The van der Waals surface area contributed by atoms with Crippen LogP contribution in [0.1, 0.15) is 6.42 Å². The standard InChI is InChI=1S/C6H13NO3S/c1-7-5-3-2-4-6-11(8,9)10/h2-3,7H,4-6H2,1H3,(H,8,9,10). The van der Waals surface area contributed by atoms with Crippen molar-refractivity contribution in [1.29, 1.82) is 0 Å². The van der Waals surface area contributed by atoms with E-state index in [4.69, 9.17) is 4.55 Å². The van der Waals surface area contributed by atoms with Gasteiger partial charge in [-0.25, -0.2) is 0 Å². The highest BCUT2D eigenvalue weighted by atomic mass is 32.2. The van der Waals surface area contributed by atoms with E-state index in [9.17, 15) is 8.42 Å². The van der Waals surface area contributed by atoms with E-state index in [2.05, 4.69) is 5.32 Å². The lowest BCUT2D eigenvalue weighted by Crippen LogP contribution is -2.05. The lowest BCUT2D eigenvalue weighted by Gasteiger charge is -1.90. The van der Waals surface area contributed by atoms with Crippen molar-refractivity contribution in [3.05, 3.63) is 12.2 Å². The number of hydrogen-bond acceptors (Lipinski definition) is 3. The number of allylic oxidation sites excluding steroid dienone is 1. The lowest BCUT2D eigenvalue weighted by atomic mass is 10.4. The summed E-state index contributed by atoms with van der Waals surface area (Å²) in [5, 5.41) is 2.87. The molecule has 11 heavy (non-hydrogen) atoms. The highest BCUT2D eigenvalue weighted by Crippen LogP contribution is 1.89. The van der Waals surface area contributed by atoms with E-state index in [1.807, 2.05) is 6.08 Å². The SMILES string of the molecule is CNCC=CCCS(=O)(=O)O. The van der Waals surface area contributed by atoms with Gasteiger partial charge >= 0.3 is 0 Å². The van der Waals surface area contributed by atoms with Crippen molar-refractivity contribution in [2.45, 2.75) is 6.42 Å². The molecule has 0 aliphatic heterocycles. The van der Waals surface area contributed by atoms with Crippen LogP contribution in [0.5, 0.6) is 0 Å². The van der Waals surface area contributed by atoms with Crippen LogP contribution in [-0.4, -0.2) is 32.3 Å². The molecule has 0 rings (SSSR count). The van der Waals surface area contributed by atoms with Gasteiger partial charge in [-0.3, -0.25) is 4.55 Å². The molecule has 0 spiro atoms. The van der Waals surface area contributed by atoms with Crippen LogP contribution in [0.4, 0.5) is 0 Å². The van der Waals surface area contributed by atoms with Crippen molar-refractivity contribution < 1.29 is 13.0 Å². The summed E-state index contributed by atoms with van der Waals surface area (Å²) in [5.74, 6) is -0.201. The van der Waals surface area contributed by atoms with Crippen molar-refractivity contribution in [1.82, 2.24) is 5.32 Å². The molecule has 5 heteroatoms. The van der Waals surface area contributed by atoms with E-state index in [0.29, 0.717) is 13.0 Å². The quantitative estimate of drug-likeness (QED) is 0.462. The molecule has 0 fully saturated rings. The molecule has 0 radical (unpaired) electrons. The zero-order valence-corrected chi connectivity index (χ0v) is 7.26. The smallest absolute Gasteiger partial charge is 0.265 e. The molecule has 4 nitrogen and oxygen atoms in total. The van der Waals surface area contributed by atoms with Gasteiger partial charge in [0, 0.05) is 6.54 Å². The van der Waals surface area contributed by atoms with E-state index in [1.165, 1.54) is 0 Å². The molecule has 0 aromatic carbocycles. The summed E-state index contributed by atoms with van der Waals surface area (Å²) in [5.41, 5.74) is 0. The molecule has 2 N–H and O–H groups in total. The van der Waals surface area contributed by atoms with Crippen molar-refractivity contribution >= 4 is 10.1 Å². The average Bonchev–Trinajstić information content (AvgIpc) is 1.85. The highest BCUT2D eigenvalue weighted by Gasteiger charge is 1.99. The molecule has 0 unspecified atom stereocenters. The van der Waals surface area contributed by atoms with Crippen molar-refractivity contribution in [3.8, 4) is 0 Å². The molecular weight excluding hydrogens is 166 g/mol. The second-order valence-corrected chi connectivity index (χ2v) is 3.68. The summed E-state index contributed by atoms with van der Waals surface area (Å²) in [6.45, 7) is 0.714. The van der Waals surface area contributed by atoms with Gasteiger partial charge in [0.1, 0.15) is 0 Å². The lowest BCUT2D eigenvalue weighted by molar-refractivity contribution is 0.483. The maximum atomic E-state index is 10.2. The van der Waals surface area contributed by atoms with Gasteiger partial charge in [-0.15, -0.1) is 0 Å². The zero-order valence-electron chi connectivity index (χ0n) is 6.45. The average molecular weight is 179 g/mol. The zero-order chi connectivity index (χ0) is 8.74. The van der Waals surface area contributed by atoms with Gasteiger partial charge in [0.05, 0.1) is 5.75 Å². The Morgan fingerprint density at radius 2 is 2.09 bits per heavy atom. The Kier molecular flexibility index (Phi) is 5.10. The summed E-state index contributed by atoms with van der Waals surface area (Å²) in [7, 11) is -1.98. The summed E-state index contributed by atoms with van der Waals surface area (Å²) >= 11 is 0. The molecule has 0 atom stereocenters. The summed E-state index contributed by atoms with van der Waals surface area (Å²) < 4.78 is 28.6. The summed E-state index contributed by atoms with van der Waals surface area (Å²) in [6, 6.07) is 0. The Hall–Kier alpha value is -0.390. The minimum absolute atomic E-state index is 0.201. The first-order chi connectivity index (χ1) is 5.06. The molecule has 0 bridgehead atoms. The molecular formula is C6H13NO3S. The maximum absolute atomic E-state index is 10.2. The third-order valence-electron chi connectivity index (χ3n) is 1.03. The van der Waals surface area contributed by atoms with Gasteiger partial charge in [-0.2, -0.15) is 8.42 Å². The number of nitrogens with one attached hydrogen (secondary N) is 1. The monoisotopic (exact) mass is 179 g/mol. The normalized spacial score (nSPS) is 12.5. The molecule has 0 amide bonds. The van der Waals surface area contributed by atoms with Crippen LogP contribution >= 0.6 is 0 Å². The third kappa shape index (κ3) is 9.61. The minimum atomic E-state index is -3.78. The Morgan fingerprint density at radius 3 is 2.55 bits per heavy atom. The predicted octanol–water partition coefficient (Wildman–Crippen LogP) is 0.0399. The van der Waals surface area contributed by atoms with Crippen molar-refractivity contribution in [3.63, 3.8) is 0 Å². The highest BCUT2D eigenvalue weighted by molar-refractivity contribution is 7.85. The minimum Gasteiger partial charge on any atom is -0.316 e. The summed E-state index contributed by atoms with van der Waals surface area (Å²) in [4.78, 5) is 0. The van der Waals surface area contributed by atoms with E-state index in [-0.39, 0.29) is 5.75 Å². The predicted molar refractivity (Wildman–Crippen MR) is 44.1 cm³/mol. The van der Waals surface area contributed by atoms with Crippen LogP contribution in [0, 0.1) is 0 Å². The fraction of sp³-hybridized carbons (Fsp3) is 0.667. The van der Waals surface area contributed by atoms with Crippen LogP contribution in [-0.2, 0) is 10.1 Å². The fourth-order valence-electron chi connectivity index (χ4n) is 0.536. The van der Waals surface area contributed by atoms with Gasteiger partial charge < -0.3 is 5.32 Å². The Morgan fingerprint density at radius 1 is 1.45 bits per heavy atom. The van der Waals surface area contributed by atoms with Gasteiger partial charge in [-0.05, 0) is 13.5 Å². The summed E-state index contributed by atoms with van der Waals surface area (Å²) in [6.07, 6.45) is 3.88. The molecule has 0 aromatic heterocycles. The van der Waals surface area contributed by atoms with Crippen LogP contribution in [0.3, 0.4) is 0 Å². The van der Waals surface area contributed by atoms with E-state index < -0.39 is 10.1 Å². The van der Waals surface area contributed by atoms with Gasteiger partial charge in [-0.1, -0.05) is 12.2 Å². The molecule has 0 aliphatic rings. The largest absolute Gasteiger partial charge is 0.316 e. The second kappa shape index (κ2) is 5.29. The first kappa shape index (κ1) is 10.6. The molecule has 0 saturated carbocycles. The second-order valence-electron chi connectivity index (χ2n) is 2.10. The number of likely N-dealkylation sites (N-methyl/N-ethyl adjacent to an activating group) is 1. The first-order valence-electron chi connectivity index (χ1n) is 3.31. The molecule has 0 heterocycles. The Bertz CT molecular complexity index is 208. The topological polar surface area (TPSA) is 66.4 Å². The van der Waals surface area contributed by atoms with Gasteiger partial charge in [0.2, 0.25) is 0 Å². The maximum Gasteiger partial charge on any atom is 0.265 e. The van der Waals surface area contributed by atoms with Crippen LogP contribution in [0.2, 0.25) is 0 Å². The number of rotatable bonds is 5. The molecule has 0 aromatic rings. The molecule has 66 valence electrons. The van der Waals surface area contributed by atoms with E-state index in [1.54, 1.807) is 13.1 Å². The van der Waals surface area contributed by atoms with E-state index >= 15 is 0 Å². The third-order valence-corrected chi connectivity index (χ3v) is 1.78.